The molecule has 20 heavy (non-hydrogen) atoms. The lowest BCUT2D eigenvalue weighted by Gasteiger charge is -2.32. The molecule has 2 rings (SSSR count). The second-order valence-corrected chi connectivity index (χ2v) is 4.80. The van der Waals surface area contributed by atoms with Crippen LogP contribution in [0.25, 0.3) is 0 Å². The first-order chi connectivity index (χ1) is 9.44. The van der Waals surface area contributed by atoms with Crippen LogP contribution < -0.4 is 10.2 Å². The molecule has 0 spiro atoms. The minimum atomic E-state index is -4.49. The standard InChI is InChI=1S/C12H17F3N4O/c1-16-11-17-9(12(13,14)15)6-10(18-11)19-4-2-8(7-20)3-5-19/h6,8,20H,2-5,7H2,1H3,(H,16,17,18). The summed E-state index contributed by atoms with van der Waals surface area (Å²) in [5.74, 6) is 0.450. The summed E-state index contributed by atoms with van der Waals surface area (Å²) in [5.41, 5.74) is -0.948. The highest BCUT2D eigenvalue weighted by Gasteiger charge is 2.34. The largest absolute Gasteiger partial charge is 0.433 e. The van der Waals surface area contributed by atoms with E-state index in [4.69, 9.17) is 5.11 Å². The molecule has 1 aromatic rings. The summed E-state index contributed by atoms with van der Waals surface area (Å²) in [5, 5.41) is 11.6. The van der Waals surface area contributed by atoms with Crippen LogP contribution in [-0.4, -0.2) is 41.8 Å². The Morgan fingerprint density at radius 3 is 2.50 bits per heavy atom. The lowest BCUT2D eigenvalue weighted by Crippen LogP contribution is -2.35. The second kappa shape index (κ2) is 5.82. The number of piperidine rings is 1. The van der Waals surface area contributed by atoms with E-state index in [0.717, 1.165) is 18.9 Å². The zero-order valence-electron chi connectivity index (χ0n) is 11.1. The Morgan fingerprint density at radius 1 is 1.35 bits per heavy atom. The van der Waals surface area contributed by atoms with Crippen molar-refractivity contribution in [2.75, 3.05) is 37.0 Å². The fourth-order valence-corrected chi connectivity index (χ4v) is 2.20. The van der Waals surface area contributed by atoms with E-state index in [2.05, 4.69) is 15.3 Å². The van der Waals surface area contributed by atoms with Gasteiger partial charge in [0.15, 0.2) is 5.69 Å². The molecule has 0 amide bonds. The van der Waals surface area contributed by atoms with Crippen molar-refractivity contribution >= 4 is 11.8 Å². The highest BCUT2D eigenvalue weighted by molar-refractivity contribution is 5.45. The highest BCUT2D eigenvalue weighted by Crippen LogP contribution is 2.31. The zero-order chi connectivity index (χ0) is 14.8. The number of aliphatic hydroxyl groups is 1. The third kappa shape index (κ3) is 3.30. The summed E-state index contributed by atoms with van der Waals surface area (Å²) in [6.07, 6.45) is -3.00. The van der Waals surface area contributed by atoms with Crippen LogP contribution in [0, 0.1) is 5.92 Å². The van der Waals surface area contributed by atoms with Gasteiger partial charge in [0, 0.05) is 32.8 Å². The molecule has 1 aromatic heterocycles. The molecule has 0 unspecified atom stereocenters. The van der Waals surface area contributed by atoms with Crippen LogP contribution >= 0.6 is 0 Å². The molecule has 1 fully saturated rings. The number of hydrogen-bond acceptors (Lipinski definition) is 5. The molecule has 8 heteroatoms. The quantitative estimate of drug-likeness (QED) is 0.888. The Kier molecular flexibility index (Phi) is 4.32. The van der Waals surface area contributed by atoms with Gasteiger partial charge in [-0.3, -0.25) is 0 Å². The molecular weight excluding hydrogens is 273 g/mol. The number of alkyl halides is 3. The van der Waals surface area contributed by atoms with Gasteiger partial charge in [0.2, 0.25) is 5.95 Å². The van der Waals surface area contributed by atoms with Crippen LogP contribution in [-0.2, 0) is 6.18 Å². The van der Waals surface area contributed by atoms with Crippen LogP contribution in [0.4, 0.5) is 24.9 Å². The van der Waals surface area contributed by atoms with E-state index in [9.17, 15) is 13.2 Å². The van der Waals surface area contributed by atoms with Gasteiger partial charge in [-0.2, -0.15) is 18.2 Å². The van der Waals surface area contributed by atoms with Gasteiger partial charge < -0.3 is 15.3 Å². The van der Waals surface area contributed by atoms with E-state index >= 15 is 0 Å². The van der Waals surface area contributed by atoms with E-state index < -0.39 is 11.9 Å². The van der Waals surface area contributed by atoms with E-state index in [1.54, 1.807) is 4.90 Å². The van der Waals surface area contributed by atoms with Gasteiger partial charge in [0.1, 0.15) is 5.82 Å². The Bertz CT molecular complexity index is 459. The third-order valence-corrected chi connectivity index (χ3v) is 3.42. The lowest BCUT2D eigenvalue weighted by molar-refractivity contribution is -0.141. The first kappa shape index (κ1) is 14.8. The highest BCUT2D eigenvalue weighted by atomic mass is 19.4. The fraction of sp³-hybridized carbons (Fsp3) is 0.667. The molecule has 0 saturated carbocycles. The summed E-state index contributed by atoms with van der Waals surface area (Å²) in [6, 6.07) is 0.972. The van der Waals surface area contributed by atoms with Gasteiger partial charge in [0.05, 0.1) is 0 Å². The summed E-state index contributed by atoms with van der Waals surface area (Å²) >= 11 is 0. The minimum Gasteiger partial charge on any atom is -0.396 e. The summed E-state index contributed by atoms with van der Waals surface area (Å²) in [6.45, 7) is 1.29. The van der Waals surface area contributed by atoms with Gasteiger partial charge in [-0.15, -0.1) is 0 Å². The number of aliphatic hydroxyl groups excluding tert-OH is 1. The Morgan fingerprint density at radius 2 is 2.00 bits per heavy atom. The minimum absolute atomic E-state index is 0.0425. The smallest absolute Gasteiger partial charge is 0.396 e. The Labute approximate surface area is 114 Å². The van der Waals surface area contributed by atoms with E-state index in [0.29, 0.717) is 13.1 Å². The van der Waals surface area contributed by atoms with Crippen LogP contribution in [0.2, 0.25) is 0 Å². The predicted octanol–water partition coefficient (Wildman–Crippen LogP) is 1.75. The number of nitrogens with one attached hydrogen (secondary N) is 1. The van der Waals surface area contributed by atoms with Gasteiger partial charge in [-0.25, -0.2) is 4.98 Å². The van der Waals surface area contributed by atoms with E-state index in [1.807, 2.05) is 0 Å². The van der Waals surface area contributed by atoms with Crippen molar-refractivity contribution in [2.24, 2.45) is 5.92 Å². The maximum absolute atomic E-state index is 12.8. The molecule has 0 radical (unpaired) electrons. The van der Waals surface area contributed by atoms with Crippen molar-refractivity contribution in [3.63, 3.8) is 0 Å². The molecule has 5 nitrogen and oxygen atoms in total. The maximum atomic E-state index is 12.8. The monoisotopic (exact) mass is 290 g/mol. The van der Waals surface area contributed by atoms with Gasteiger partial charge in [-0.05, 0) is 18.8 Å². The SMILES string of the molecule is CNc1nc(N2CCC(CO)CC2)cc(C(F)(F)F)n1. The lowest BCUT2D eigenvalue weighted by atomic mass is 9.98. The van der Waals surface area contributed by atoms with Crippen molar-refractivity contribution in [3.8, 4) is 0 Å². The second-order valence-electron chi connectivity index (χ2n) is 4.80. The molecule has 1 saturated heterocycles. The van der Waals surface area contributed by atoms with E-state index in [1.165, 1.54) is 7.05 Å². The van der Waals surface area contributed by atoms with Crippen molar-refractivity contribution < 1.29 is 18.3 Å². The average Bonchev–Trinajstić information content (AvgIpc) is 2.46. The van der Waals surface area contributed by atoms with Crippen molar-refractivity contribution in [2.45, 2.75) is 19.0 Å². The number of aromatic nitrogens is 2. The molecule has 2 heterocycles. The number of anilines is 2. The van der Waals surface area contributed by atoms with E-state index in [-0.39, 0.29) is 24.3 Å². The molecule has 0 aliphatic carbocycles. The first-order valence-corrected chi connectivity index (χ1v) is 6.44. The molecule has 0 aromatic carbocycles. The molecule has 1 aliphatic heterocycles. The van der Waals surface area contributed by atoms with Crippen LogP contribution in [0.15, 0.2) is 6.07 Å². The number of rotatable bonds is 3. The zero-order valence-corrected chi connectivity index (χ0v) is 11.1. The predicted molar refractivity (Wildman–Crippen MR) is 68.6 cm³/mol. The van der Waals surface area contributed by atoms with Crippen molar-refractivity contribution in [1.29, 1.82) is 0 Å². The molecular formula is C12H17F3N4O. The van der Waals surface area contributed by atoms with Crippen LogP contribution in [0.5, 0.6) is 0 Å². The summed E-state index contributed by atoms with van der Waals surface area (Å²) < 4.78 is 38.4. The topological polar surface area (TPSA) is 61.3 Å². The summed E-state index contributed by atoms with van der Waals surface area (Å²) in [4.78, 5) is 9.31. The van der Waals surface area contributed by atoms with Crippen molar-refractivity contribution in [1.82, 2.24) is 9.97 Å². The molecule has 0 atom stereocenters. The summed E-state index contributed by atoms with van der Waals surface area (Å²) in [7, 11) is 1.48. The van der Waals surface area contributed by atoms with Crippen LogP contribution in [0.1, 0.15) is 18.5 Å². The fourth-order valence-electron chi connectivity index (χ4n) is 2.20. The molecule has 112 valence electrons. The molecule has 0 bridgehead atoms. The van der Waals surface area contributed by atoms with Crippen molar-refractivity contribution in [3.05, 3.63) is 11.8 Å². The molecule has 1 aliphatic rings. The Balaban J connectivity index is 2.23. The Hall–Kier alpha value is -1.57. The number of halogens is 3. The van der Waals surface area contributed by atoms with Gasteiger partial charge in [0.25, 0.3) is 0 Å². The van der Waals surface area contributed by atoms with Crippen LogP contribution in [0.3, 0.4) is 0 Å². The number of hydrogen-bond donors (Lipinski definition) is 2. The average molecular weight is 290 g/mol. The van der Waals surface area contributed by atoms with Gasteiger partial charge >= 0.3 is 6.18 Å². The number of nitrogens with zero attached hydrogens (tertiary/aromatic N) is 3. The molecule has 2 N–H and O–H groups in total. The first-order valence-electron chi connectivity index (χ1n) is 6.44. The normalized spacial score (nSPS) is 17.4. The third-order valence-electron chi connectivity index (χ3n) is 3.42. The van der Waals surface area contributed by atoms with Gasteiger partial charge in [-0.1, -0.05) is 0 Å². The maximum Gasteiger partial charge on any atom is 0.433 e.